The lowest BCUT2D eigenvalue weighted by atomic mass is 9.88. The predicted molar refractivity (Wildman–Crippen MR) is 60.3 cm³/mol. The molecule has 0 aromatic rings. The van der Waals surface area contributed by atoms with E-state index in [1.54, 1.807) is 0 Å². The Kier molecular flexibility index (Phi) is 3.44. The summed E-state index contributed by atoms with van der Waals surface area (Å²) < 4.78 is 5.38. The van der Waals surface area contributed by atoms with E-state index in [-0.39, 0.29) is 22.9 Å². The maximum absolute atomic E-state index is 11.8. The molecule has 1 saturated carbocycles. The second-order valence-corrected chi connectivity index (χ2v) is 5.99. The molecule has 1 unspecified atom stereocenters. The van der Waals surface area contributed by atoms with Gasteiger partial charge in [0.15, 0.2) is 0 Å². The highest BCUT2D eigenvalue weighted by atomic mass is 16.6. The summed E-state index contributed by atoms with van der Waals surface area (Å²) in [5.41, 5.74) is 5.47. The Bertz CT molecular complexity index is 244. The fraction of sp³-hybridized carbons (Fsp3) is 0.917. The molecule has 0 heterocycles. The Hall–Kier alpha value is -0.570. The average Bonchev–Trinajstić information content (AvgIpc) is 2.46. The molecule has 2 atom stereocenters. The molecule has 0 bridgehead atoms. The average molecular weight is 213 g/mol. The van der Waals surface area contributed by atoms with E-state index < -0.39 is 0 Å². The molecule has 2 N–H and O–H groups in total. The van der Waals surface area contributed by atoms with E-state index in [0.717, 1.165) is 19.3 Å². The predicted octanol–water partition coefficient (Wildman–Crippen LogP) is 2.09. The summed E-state index contributed by atoms with van der Waals surface area (Å²) in [6, 6.07) is 0. The van der Waals surface area contributed by atoms with Crippen LogP contribution in [0.25, 0.3) is 0 Å². The number of hydrogen-bond donors (Lipinski definition) is 1. The molecular weight excluding hydrogens is 190 g/mol. The van der Waals surface area contributed by atoms with Gasteiger partial charge in [0.05, 0.1) is 5.92 Å². The molecule has 88 valence electrons. The minimum atomic E-state index is -0.376. The van der Waals surface area contributed by atoms with Crippen molar-refractivity contribution in [3.05, 3.63) is 0 Å². The van der Waals surface area contributed by atoms with Gasteiger partial charge in [-0.15, -0.1) is 0 Å². The van der Waals surface area contributed by atoms with Crippen LogP contribution in [0.2, 0.25) is 0 Å². The van der Waals surface area contributed by atoms with Gasteiger partial charge in [-0.2, -0.15) is 0 Å². The van der Waals surface area contributed by atoms with Crippen LogP contribution >= 0.6 is 0 Å². The van der Waals surface area contributed by atoms with E-state index in [2.05, 4.69) is 6.92 Å². The zero-order valence-electron chi connectivity index (χ0n) is 10.3. The van der Waals surface area contributed by atoms with Gasteiger partial charge in [0.25, 0.3) is 0 Å². The molecular formula is C12H23NO2. The van der Waals surface area contributed by atoms with Gasteiger partial charge in [0, 0.05) is 0 Å². The van der Waals surface area contributed by atoms with Crippen LogP contribution in [0.5, 0.6) is 0 Å². The van der Waals surface area contributed by atoms with Crippen molar-refractivity contribution in [3.63, 3.8) is 0 Å². The molecule has 0 saturated heterocycles. The number of rotatable bonds is 2. The van der Waals surface area contributed by atoms with E-state index in [4.69, 9.17) is 10.5 Å². The highest BCUT2D eigenvalue weighted by molar-refractivity contribution is 5.73. The minimum Gasteiger partial charge on any atom is -0.460 e. The van der Waals surface area contributed by atoms with Crippen molar-refractivity contribution >= 4 is 5.97 Å². The van der Waals surface area contributed by atoms with Gasteiger partial charge in [0.2, 0.25) is 0 Å². The van der Waals surface area contributed by atoms with E-state index >= 15 is 0 Å². The van der Waals surface area contributed by atoms with Crippen LogP contribution in [0.1, 0.15) is 47.0 Å². The van der Waals surface area contributed by atoms with Crippen LogP contribution in [0, 0.1) is 11.3 Å². The Morgan fingerprint density at radius 1 is 1.53 bits per heavy atom. The first-order valence-corrected chi connectivity index (χ1v) is 5.69. The monoisotopic (exact) mass is 213 g/mol. The molecule has 0 spiro atoms. The van der Waals surface area contributed by atoms with Crippen LogP contribution in [0.15, 0.2) is 0 Å². The quantitative estimate of drug-likeness (QED) is 0.715. The van der Waals surface area contributed by atoms with E-state index in [0.29, 0.717) is 6.54 Å². The lowest BCUT2D eigenvalue weighted by Gasteiger charge is -2.24. The topological polar surface area (TPSA) is 52.3 Å². The van der Waals surface area contributed by atoms with Gasteiger partial charge < -0.3 is 10.5 Å². The second-order valence-electron chi connectivity index (χ2n) is 5.99. The van der Waals surface area contributed by atoms with Crippen molar-refractivity contribution in [2.75, 3.05) is 6.54 Å². The molecule has 0 aromatic heterocycles. The number of nitrogens with two attached hydrogens (primary N) is 1. The normalized spacial score (nSPS) is 31.7. The summed E-state index contributed by atoms with van der Waals surface area (Å²) in [5.74, 6) is -0.00236. The van der Waals surface area contributed by atoms with Gasteiger partial charge in [0.1, 0.15) is 5.60 Å². The van der Waals surface area contributed by atoms with Crippen LogP contribution in [0.4, 0.5) is 0 Å². The SMILES string of the molecule is CC1(CN)CC[C@H](C(=O)OC(C)(C)C)C1. The van der Waals surface area contributed by atoms with Crippen molar-refractivity contribution in [2.45, 2.75) is 52.6 Å². The van der Waals surface area contributed by atoms with Crippen LogP contribution in [-0.2, 0) is 9.53 Å². The largest absolute Gasteiger partial charge is 0.460 e. The Morgan fingerprint density at radius 2 is 2.13 bits per heavy atom. The van der Waals surface area contributed by atoms with E-state index in [1.165, 1.54) is 0 Å². The fourth-order valence-corrected chi connectivity index (χ4v) is 2.09. The lowest BCUT2D eigenvalue weighted by Crippen LogP contribution is -2.29. The molecule has 3 heteroatoms. The second kappa shape index (κ2) is 4.12. The first kappa shape index (κ1) is 12.5. The molecule has 0 aliphatic heterocycles. The zero-order chi connectivity index (χ0) is 11.7. The lowest BCUT2D eigenvalue weighted by molar-refractivity contribution is -0.160. The van der Waals surface area contributed by atoms with Gasteiger partial charge >= 0.3 is 5.97 Å². The van der Waals surface area contributed by atoms with Crippen molar-refractivity contribution in [2.24, 2.45) is 17.1 Å². The number of ether oxygens (including phenoxy) is 1. The molecule has 1 rings (SSSR count). The van der Waals surface area contributed by atoms with Gasteiger partial charge in [-0.3, -0.25) is 4.79 Å². The molecule has 0 radical (unpaired) electrons. The number of esters is 1. The molecule has 15 heavy (non-hydrogen) atoms. The molecule has 3 nitrogen and oxygen atoms in total. The van der Waals surface area contributed by atoms with Crippen LogP contribution in [0.3, 0.4) is 0 Å². The summed E-state index contributed by atoms with van der Waals surface area (Å²) in [7, 11) is 0. The number of hydrogen-bond acceptors (Lipinski definition) is 3. The fourth-order valence-electron chi connectivity index (χ4n) is 2.09. The third-order valence-corrected chi connectivity index (χ3v) is 3.07. The Labute approximate surface area is 92.4 Å². The molecule has 0 amide bonds. The highest BCUT2D eigenvalue weighted by Gasteiger charge is 2.39. The third kappa shape index (κ3) is 3.49. The van der Waals surface area contributed by atoms with Crippen molar-refractivity contribution < 1.29 is 9.53 Å². The Balaban J connectivity index is 2.51. The smallest absolute Gasteiger partial charge is 0.309 e. The van der Waals surface area contributed by atoms with Crippen molar-refractivity contribution in [1.82, 2.24) is 0 Å². The van der Waals surface area contributed by atoms with Crippen molar-refractivity contribution in [1.29, 1.82) is 0 Å². The molecule has 0 aromatic carbocycles. The van der Waals surface area contributed by atoms with Crippen LogP contribution in [-0.4, -0.2) is 18.1 Å². The Morgan fingerprint density at radius 3 is 2.53 bits per heavy atom. The van der Waals surface area contributed by atoms with Crippen LogP contribution < -0.4 is 5.73 Å². The summed E-state index contributed by atoms with van der Waals surface area (Å²) in [6.45, 7) is 8.52. The summed E-state index contributed by atoms with van der Waals surface area (Å²) in [6.07, 6.45) is 2.83. The molecule has 1 aliphatic rings. The zero-order valence-corrected chi connectivity index (χ0v) is 10.3. The standard InChI is InChI=1S/C12H23NO2/c1-11(2,3)15-10(14)9-5-6-12(4,7-9)8-13/h9H,5-8,13H2,1-4H3/t9-,12?/m0/s1. The highest BCUT2D eigenvalue weighted by Crippen LogP contribution is 2.41. The maximum Gasteiger partial charge on any atom is 0.309 e. The van der Waals surface area contributed by atoms with E-state index in [9.17, 15) is 4.79 Å². The molecule has 1 fully saturated rings. The third-order valence-electron chi connectivity index (χ3n) is 3.07. The molecule has 1 aliphatic carbocycles. The number of carbonyl (C=O) groups is 1. The van der Waals surface area contributed by atoms with Crippen molar-refractivity contribution in [3.8, 4) is 0 Å². The maximum atomic E-state index is 11.8. The first-order valence-electron chi connectivity index (χ1n) is 5.69. The number of carbonyl (C=O) groups excluding carboxylic acids is 1. The first-order chi connectivity index (χ1) is 6.76. The minimum absolute atomic E-state index is 0.0535. The van der Waals surface area contributed by atoms with Gasteiger partial charge in [-0.1, -0.05) is 6.92 Å². The summed E-state index contributed by atoms with van der Waals surface area (Å²) >= 11 is 0. The van der Waals surface area contributed by atoms with E-state index in [1.807, 2.05) is 20.8 Å². The summed E-state index contributed by atoms with van der Waals surface area (Å²) in [5, 5.41) is 0. The summed E-state index contributed by atoms with van der Waals surface area (Å²) in [4.78, 5) is 11.8. The van der Waals surface area contributed by atoms with Gasteiger partial charge in [-0.05, 0) is 52.0 Å². The van der Waals surface area contributed by atoms with Gasteiger partial charge in [-0.25, -0.2) is 0 Å².